The fourth-order valence-corrected chi connectivity index (χ4v) is 5.11. The molecule has 1 aromatic carbocycles. The first-order valence-electron chi connectivity index (χ1n) is 8.81. The van der Waals surface area contributed by atoms with Crippen LogP contribution in [0.1, 0.15) is 29.9 Å². The Morgan fingerprint density at radius 1 is 1.09 bits per heavy atom. The summed E-state index contributed by atoms with van der Waals surface area (Å²) in [6.45, 7) is 7.95. The van der Waals surface area contributed by atoms with Gasteiger partial charge in [-0.15, -0.1) is 0 Å². The highest BCUT2D eigenvalue weighted by Gasteiger charge is 2.52. The van der Waals surface area contributed by atoms with Gasteiger partial charge in [0.05, 0.1) is 6.61 Å². The normalized spacial score (nSPS) is 37.5. The number of ether oxygens (including phenoxy) is 1. The lowest BCUT2D eigenvalue weighted by Gasteiger charge is -2.51. The monoisotopic (exact) mass is 300 g/mol. The molecule has 22 heavy (non-hydrogen) atoms. The molecule has 120 valence electrons. The zero-order chi connectivity index (χ0) is 15.1. The third-order valence-electron chi connectivity index (χ3n) is 6.18. The minimum atomic E-state index is 0.672. The molecule has 0 spiro atoms. The van der Waals surface area contributed by atoms with Crippen LogP contribution in [0.3, 0.4) is 0 Å². The van der Waals surface area contributed by atoms with E-state index >= 15 is 0 Å². The van der Waals surface area contributed by atoms with Gasteiger partial charge in [-0.2, -0.15) is 0 Å². The molecule has 0 N–H and O–H groups in total. The van der Waals surface area contributed by atoms with Crippen molar-refractivity contribution in [2.45, 2.75) is 37.8 Å². The van der Waals surface area contributed by atoms with Crippen LogP contribution in [0, 0.1) is 12.8 Å². The van der Waals surface area contributed by atoms with E-state index < -0.39 is 0 Å². The molecule has 0 amide bonds. The van der Waals surface area contributed by atoms with Gasteiger partial charge in [0.1, 0.15) is 0 Å². The highest BCUT2D eigenvalue weighted by Crippen LogP contribution is 2.46. The van der Waals surface area contributed by atoms with Crippen molar-refractivity contribution in [3.8, 4) is 0 Å². The van der Waals surface area contributed by atoms with E-state index in [-0.39, 0.29) is 0 Å². The van der Waals surface area contributed by atoms with Crippen molar-refractivity contribution in [2.24, 2.45) is 5.92 Å². The quantitative estimate of drug-likeness (QED) is 0.850. The van der Waals surface area contributed by atoms with Crippen molar-refractivity contribution in [1.82, 2.24) is 9.80 Å². The summed E-state index contributed by atoms with van der Waals surface area (Å²) in [5.74, 6) is 1.58. The number of hydrogen-bond donors (Lipinski definition) is 0. The summed E-state index contributed by atoms with van der Waals surface area (Å²) in [4.78, 5) is 5.51. The second-order valence-corrected chi connectivity index (χ2v) is 7.36. The van der Waals surface area contributed by atoms with Gasteiger partial charge in [0.15, 0.2) is 0 Å². The maximum Gasteiger partial charge on any atom is 0.0589 e. The van der Waals surface area contributed by atoms with Crippen molar-refractivity contribution in [3.63, 3.8) is 0 Å². The van der Waals surface area contributed by atoms with Crippen LogP contribution in [0.25, 0.3) is 0 Å². The predicted molar refractivity (Wildman–Crippen MR) is 89.2 cm³/mol. The standard InChI is InChI=1S/C19H28N2O/c1-14-3-5-15(6-4-14)17-13-21(11-12-22-2)18-16-7-9-20(10-8-16)19(17)18/h3-6,16-19H,7-13H2,1-2H3/t17-,18+,19+/m0/s1. The highest BCUT2D eigenvalue weighted by molar-refractivity contribution is 5.29. The summed E-state index contributed by atoms with van der Waals surface area (Å²) < 4.78 is 5.36. The van der Waals surface area contributed by atoms with E-state index in [9.17, 15) is 0 Å². The SMILES string of the molecule is COCCN1C[C@@H](c2ccc(C)cc2)[C@@H]2[C@H]1C1CCN2CC1. The summed E-state index contributed by atoms with van der Waals surface area (Å²) >= 11 is 0. The van der Waals surface area contributed by atoms with Gasteiger partial charge >= 0.3 is 0 Å². The Morgan fingerprint density at radius 2 is 1.82 bits per heavy atom. The fraction of sp³-hybridized carbons (Fsp3) is 0.684. The number of methoxy groups -OCH3 is 1. The molecule has 2 bridgehead atoms. The van der Waals surface area contributed by atoms with E-state index in [2.05, 4.69) is 41.0 Å². The number of aryl methyl sites for hydroxylation is 1. The summed E-state index contributed by atoms with van der Waals surface area (Å²) in [6.07, 6.45) is 2.79. The van der Waals surface area contributed by atoms with Crippen LogP contribution in [0.4, 0.5) is 0 Å². The lowest BCUT2D eigenvalue weighted by atomic mass is 9.75. The topological polar surface area (TPSA) is 15.7 Å². The second kappa shape index (κ2) is 5.95. The molecule has 0 aromatic heterocycles. The molecule has 3 heteroatoms. The van der Waals surface area contributed by atoms with Crippen LogP contribution in [0.15, 0.2) is 24.3 Å². The zero-order valence-electron chi connectivity index (χ0n) is 13.9. The zero-order valence-corrected chi connectivity index (χ0v) is 13.9. The van der Waals surface area contributed by atoms with E-state index in [1.165, 1.54) is 43.6 Å². The van der Waals surface area contributed by atoms with Crippen molar-refractivity contribution in [1.29, 1.82) is 0 Å². The van der Waals surface area contributed by atoms with Crippen molar-refractivity contribution in [3.05, 3.63) is 35.4 Å². The van der Waals surface area contributed by atoms with Gasteiger partial charge in [0.2, 0.25) is 0 Å². The smallest absolute Gasteiger partial charge is 0.0589 e. The summed E-state index contributed by atoms with van der Waals surface area (Å²) in [5.41, 5.74) is 2.90. The van der Waals surface area contributed by atoms with Gasteiger partial charge < -0.3 is 4.74 Å². The average Bonchev–Trinajstić information content (AvgIpc) is 2.96. The molecule has 0 aliphatic carbocycles. The number of piperidine rings is 3. The minimum Gasteiger partial charge on any atom is -0.383 e. The van der Waals surface area contributed by atoms with Crippen LogP contribution in [-0.4, -0.2) is 61.8 Å². The summed E-state index contributed by atoms with van der Waals surface area (Å²) in [7, 11) is 1.82. The molecule has 4 aliphatic rings. The maximum atomic E-state index is 5.36. The van der Waals surface area contributed by atoms with Crippen LogP contribution >= 0.6 is 0 Å². The third kappa shape index (κ3) is 2.40. The Labute approximate surface area is 134 Å². The molecule has 5 rings (SSSR count). The Morgan fingerprint density at radius 3 is 2.50 bits per heavy atom. The number of fused-ring (bicyclic) bond motifs is 2. The molecule has 1 aromatic rings. The van der Waals surface area contributed by atoms with E-state index in [4.69, 9.17) is 4.74 Å². The number of hydrogen-bond acceptors (Lipinski definition) is 3. The molecular formula is C19H28N2O. The molecule has 4 fully saturated rings. The van der Waals surface area contributed by atoms with Gasteiger partial charge in [-0.3, -0.25) is 9.80 Å². The van der Waals surface area contributed by atoms with Gasteiger partial charge in [-0.25, -0.2) is 0 Å². The minimum absolute atomic E-state index is 0.672. The summed E-state index contributed by atoms with van der Waals surface area (Å²) in [6, 6.07) is 10.8. The first-order chi connectivity index (χ1) is 10.8. The molecule has 3 atom stereocenters. The molecule has 3 nitrogen and oxygen atoms in total. The largest absolute Gasteiger partial charge is 0.383 e. The van der Waals surface area contributed by atoms with Crippen LogP contribution in [-0.2, 0) is 4.74 Å². The number of nitrogens with zero attached hydrogens (tertiary/aromatic N) is 2. The first-order valence-corrected chi connectivity index (χ1v) is 8.81. The predicted octanol–water partition coefficient (Wildman–Crippen LogP) is 2.50. The van der Waals surface area contributed by atoms with Crippen molar-refractivity contribution in [2.75, 3.05) is 39.9 Å². The lowest BCUT2D eigenvalue weighted by Crippen LogP contribution is -2.60. The van der Waals surface area contributed by atoms with Crippen molar-refractivity contribution < 1.29 is 4.74 Å². The highest BCUT2D eigenvalue weighted by atomic mass is 16.5. The number of rotatable bonds is 4. The van der Waals surface area contributed by atoms with Crippen LogP contribution < -0.4 is 0 Å². The number of likely N-dealkylation sites (tertiary alicyclic amines) is 1. The molecule has 4 saturated heterocycles. The van der Waals surface area contributed by atoms with E-state index in [0.717, 1.165) is 31.2 Å². The molecule has 4 heterocycles. The van der Waals surface area contributed by atoms with E-state index in [0.29, 0.717) is 5.92 Å². The number of benzene rings is 1. The fourth-order valence-electron chi connectivity index (χ4n) is 5.11. The molecule has 0 saturated carbocycles. The lowest BCUT2D eigenvalue weighted by molar-refractivity contribution is -0.0116. The van der Waals surface area contributed by atoms with Crippen molar-refractivity contribution >= 4 is 0 Å². The molecule has 0 unspecified atom stereocenters. The van der Waals surface area contributed by atoms with Gasteiger partial charge in [0, 0.05) is 38.2 Å². The first kappa shape index (κ1) is 14.7. The van der Waals surface area contributed by atoms with Gasteiger partial charge in [-0.1, -0.05) is 29.8 Å². The molecule has 0 radical (unpaired) electrons. The Bertz CT molecular complexity index is 507. The maximum absolute atomic E-state index is 5.36. The van der Waals surface area contributed by atoms with Crippen LogP contribution in [0.5, 0.6) is 0 Å². The Hall–Kier alpha value is -0.900. The van der Waals surface area contributed by atoms with E-state index in [1.807, 2.05) is 7.11 Å². The molecular weight excluding hydrogens is 272 g/mol. The van der Waals surface area contributed by atoms with Crippen LogP contribution in [0.2, 0.25) is 0 Å². The Balaban J connectivity index is 1.63. The molecule has 4 aliphatic heterocycles. The Kier molecular flexibility index (Phi) is 3.97. The second-order valence-electron chi connectivity index (χ2n) is 7.36. The van der Waals surface area contributed by atoms with Gasteiger partial charge in [-0.05, 0) is 44.3 Å². The van der Waals surface area contributed by atoms with E-state index in [1.54, 1.807) is 0 Å². The summed E-state index contributed by atoms with van der Waals surface area (Å²) in [5, 5.41) is 0. The third-order valence-corrected chi connectivity index (χ3v) is 6.18. The average molecular weight is 300 g/mol. The van der Waals surface area contributed by atoms with Gasteiger partial charge in [0.25, 0.3) is 0 Å².